The lowest BCUT2D eigenvalue weighted by Crippen LogP contribution is -2.21. The number of H-pyrrole nitrogens is 1. The van der Waals surface area contributed by atoms with Gasteiger partial charge in [0.1, 0.15) is 5.65 Å². The molecule has 4 heterocycles. The second-order valence-electron chi connectivity index (χ2n) is 6.92. The molecule has 4 aromatic rings. The largest absolute Gasteiger partial charge is 0.392 e. The molecule has 8 heteroatoms. The molecule has 1 aliphatic rings. The molecule has 1 aliphatic carbocycles. The number of aryl methyl sites for hydroxylation is 1. The molecular formula is C19H18N6O2. The Kier molecular flexibility index (Phi) is 3.48. The van der Waals surface area contributed by atoms with Gasteiger partial charge in [0.05, 0.1) is 19.0 Å². The average Bonchev–Trinajstić information content (AvgIpc) is 3.23. The number of aromatic nitrogens is 6. The molecule has 0 amide bonds. The van der Waals surface area contributed by atoms with Gasteiger partial charge >= 0.3 is 0 Å². The minimum atomic E-state index is -0.0460. The van der Waals surface area contributed by atoms with Crippen molar-refractivity contribution in [3.8, 4) is 16.9 Å². The fourth-order valence-electron chi connectivity index (χ4n) is 3.44. The predicted molar refractivity (Wildman–Crippen MR) is 98.8 cm³/mol. The highest BCUT2D eigenvalue weighted by molar-refractivity contribution is 5.76. The Morgan fingerprint density at radius 3 is 2.78 bits per heavy atom. The molecule has 0 atom stereocenters. The van der Waals surface area contributed by atoms with Crippen LogP contribution in [0.1, 0.15) is 35.6 Å². The Labute approximate surface area is 154 Å². The first-order chi connectivity index (χ1) is 13.2. The lowest BCUT2D eigenvalue weighted by Gasteiger charge is -2.05. The number of fused-ring (bicyclic) bond motifs is 1. The number of hydrogen-bond donors (Lipinski definition) is 2. The fraction of sp³-hybridized carbons (Fsp3) is 0.263. The van der Waals surface area contributed by atoms with Crippen LogP contribution in [0.15, 0.2) is 41.7 Å². The molecule has 4 aromatic heterocycles. The molecular weight excluding hydrogens is 344 g/mol. The van der Waals surface area contributed by atoms with Crippen molar-refractivity contribution < 1.29 is 5.11 Å². The van der Waals surface area contributed by atoms with E-state index in [1.165, 1.54) is 4.52 Å². The van der Waals surface area contributed by atoms with E-state index in [0.29, 0.717) is 17.4 Å². The minimum absolute atomic E-state index is 0.0383. The van der Waals surface area contributed by atoms with Crippen LogP contribution in [0, 0.1) is 6.92 Å². The van der Waals surface area contributed by atoms with Crippen molar-refractivity contribution in [1.82, 2.24) is 29.4 Å². The molecule has 5 rings (SSSR count). The van der Waals surface area contributed by atoms with E-state index < -0.39 is 0 Å². The van der Waals surface area contributed by atoms with Crippen LogP contribution < -0.4 is 5.56 Å². The van der Waals surface area contributed by atoms with Crippen LogP contribution in [0.4, 0.5) is 0 Å². The van der Waals surface area contributed by atoms with E-state index in [-0.39, 0.29) is 12.2 Å². The summed E-state index contributed by atoms with van der Waals surface area (Å²) in [6, 6.07) is 3.60. The monoisotopic (exact) mass is 362 g/mol. The highest BCUT2D eigenvalue weighted by atomic mass is 16.3. The Morgan fingerprint density at radius 2 is 2.07 bits per heavy atom. The lowest BCUT2D eigenvalue weighted by atomic mass is 10.1. The van der Waals surface area contributed by atoms with Gasteiger partial charge in [-0.15, -0.1) is 0 Å². The zero-order chi connectivity index (χ0) is 18.5. The topological polar surface area (TPSA) is 101 Å². The number of rotatable bonds is 4. The number of aliphatic hydroxyl groups excluding tert-OH is 1. The summed E-state index contributed by atoms with van der Waals surface area (Å²) in [4.78, 5) is 20.4. The quantitative estimate of drug-likeness (QED) is 0.578. The second kappa shape index (κ2) is 5.88. The summed E-state index contributed by atoms with van der Waals surface area (Å²) >= 11 is 0. The normalized spacial score (nSPS) is 14.1. The molecule has 0 aliphatic heterocycles. The SMILES string of the molecule is Cc1[nH]c2c(-c3cnn(-c4ccc(CO)cn4)c3)cnn2c(=O)c1C1CC1. The second-order valence-corrected chi connectivity index (χ2v) is 6.92. The summed E-state index contributed by atoms with van der Waals surface area (Å²) in [6.45, 7) is 1.90. The minimum Gasteiger partial charge on any atom is -0.392 e. The molecule has 0 spiro atoms. The van der Waals surface area contributed by atoms with E-state index in [1.54, 1.807) is 35.4 Å². The first-order valence-corrected chi connectivity index (χ1v) is 8.87. The van der Waals surface area contributed by atoms with Gasteiger partial charge in [-0.2, -0.15) is 14.7 Å². The number of nitrogens with one attached hydrogen (secondary N) is 1. The average molecular weight is 362 g/mol. The van der Waals surface area contributed by atoms with E-state index in [1.807, 2.05) is 13.1 Å². The molecule has 0 saturated heterocycles. The first kappa shape index (κ1) is 16.0. The van der Waals surface area contributed by atoms with E-state index in [4.69, 9.17) is 5.11 Å². The maximum Gasteiger partial charge on any atom is 0.278 e. The van der Waals surface area contributed by atoms with Gasteiger partial charge in [0.25, 0.3) is 5.56 Å². The Morgan fingerprint density at radius 1 is 1.22 bits per heavy atom. The highest BCUT2D eigenvalue weighted by Gasteiger charge is 2.29. The Bertz CT molecular complexity index is 1200. The maximum absolute atomic E-state index is 12.8. The first-order valence-electron chi connectivity index (χ1n) is 8.87. The third-order valence-corrected chi connectivity index (χ3v) is 5.01. The molecule has 8 nitrogen and oxygen atoms in total. The molecule has 1 saturated carbocycles. The van der Waals surface area contributed by atoms with Crippen molar-refractivity contribution in [1.29, 1.82) is 0 Å². The van der Waals surface area contributed by atoms with Crippen molar-refractivity contribution in [2.45, 2.75) is 32.3 Å². The van der Waals surface area contributed by atoms with Crippen molar-refractivity contribution in [3.05, 3.63) is 64.1 Å². The molecule has 0 aromatic carbocycles. The molecule has 2 N–H and O–H groups in total. The molecule has 0 unspecified atom stereocenters. The summed E-state index contributed by atoms with van der Waals surface area (Å²) in [7, 11) is 0. The zero-order valence-corrected chi connectivity index (χ0v) is 14.8. The maximum atomic E-state index is 12.8. The van der Waals surface area contributed by atoms with E-state index in [9.17, 15) is 4.79 Å². The number of aliphatic hydroxyl groups is 1. The van der Waals surface area contributed by atoms with Crippen LogP contribution in [0.25, 0.3) is 22.6 Å². The third kappa shape index (κ3) is 2.57. The van der Waals surface area contributed by atoms with Gasteiger partial charge in [-0.3, -0.25) is 4.79 Å². The number of aromatic amines is 1. The van der Waals surface area contributed by atoms with Crippen LogP contribution in [0.3, 0.4) is 0 Å². The lowest BCUT2D eigenvalue weighted by molar-refractivity contribution is 0.281. The van der Waals surface area contributed by atoms with Crippen molar-refractivity contribution >= 4 is 5.65 Å². The van der Waals surface area contributed by atoms with Gasteiger partial charge in [-0.25, -0.2) is 9.67 Å². The fourth-order valence-corrected chi connectivity index (χ4v) is 3.44. The van der Waals surface area contributed by atoms with Gasteiger partial charge in [-0.05, 0) is 37.3 Å². The number of hydrogen-bond acceptors (Lipinski definition) is 5. The van der Waals surface area contributed by atoms with Crippen LogP contribution in [0.2, 0.25) is 0 Å². The van der Waals surface area contributed by atoms with Gasteiger partial charge in [0.15, 0.2) is 5.82 Å². The Hall–Kier alpha value is -3.26. The number of nitrogens with zero attached hydrogens (tertiary/aromatic N) is 5. The number of pyridine rings is 1. The predicted octanol–water partition coefficient (Wildman–Crippen LogP) is 1.95. The van der Waals surface area contributed by atoms with E-state index >= 15 is 0 Å². The summed E-state index contributed by atoms with van der Waals surface area (Å²) in [5.41, 5.74) is 4.79. The van der Waals surface area contributed by atoms with Crippen molar-refractivity contribution in [3.63, 3.8) is 0 Å². The van der Waals surface area contributed by atoms with Gasteiger partial charge in [0.2, 0.25) is 0 Å². The molecule has 1 fully saturated rings. The van der Waals surface area contributed by atoms with E-state index in [2.05, 4.69) is 20.2 Å². The summed E-state index contributed by atoms with van der Waals surface area (Å²) < 4.78 is 3.10. The van der Waals surface area contributed by atoms with Crippen LogP contribution in [-0.4, -0.2) is 34.5 Å². The standard InChI is InChI=1S/C19H18N6O2/c1-11-17(13-3-4-13)19(27)25-18(23-11)15(8-22-25)14-7-21-24(9-14)16-5-2-12(10-26)6-20-16/h2,5-9,13,23,26H,3-4,10H2,1H3. The Balaban J connectivity index is 1.58. The molecule has 136 valence electrons. The highest BCUT2D eigenvalue weighted by Crippen LogP contribution is 2.39. The van der Waals surface area contributed by atoms with Crippen LogP contribution >= 0.6 is 0 Å². The zero-order valence-electron chi connectivity index (χ0n) is 14.8. The van der Waals surface area contributed by atoms with Gasteiger partial charge < -0.3 is 10.1 Å². The molecule has 0 radical (unpaired) electrons. The molecule has 27 heavy (non-hydrogen) atoms. The van der Waals surface area contributed by atoms with Gasteiger partial charge in [-0.1, -0.05) is 6.07 Å². The smallest absolute Gasteiger partial charge is 0.278 e. The summed E-state index contributed by atoms with van der Waals surface area (Å²) in [6.07, 6.45) is 9.01. The van der Waals surface area contributed by atoms with E-state index in [0.717, 1.165) is 40.8 Å². The van der Waals surface area contributed by atoms with Crippen molar-refractivity contribution in [2.24, 2.45) is 0 Å². The van der Waals surface area contributed by atoms with Crippen molar-refractivity contribution in [2.75, 3.05) is 0 Å². The third-order valence-electron chi connectivity index (χ3n) is 5.01. The summed E-state index contributed by atoms with van der Waals surface area (Å²) in [5, 5.41) is 17.8. The molecule has 0 bridgehead atoms. The summed E-state index contributed by atoms with van der Waals surface area (Å²) in [5.74, 6) is 1.01. The van der Waals surface area contributed by atoms with Crippen LogP contribution in [-0.2, 0) is 6.61 Å². The van der Waals surface area contributed by atoms with Crippen LogP contribution in [0.5, 0.6) is 0 Å². The van der Waals surface area contributed by atoms with Gasteiger partial charge in [0, 0.05) is 34.8 Å².